The molecule has 1 amide bonds. The minimum absolute atomic E-state index is 0. The summed E-state index contributed by atoms with van der Waals surface area (Å²) in [5.74, 6) is -1.68. The molecule has 1 aliphatic rings. The van der Waals surface area contributed by atoms with E-state index < -0.39 is 33.9 Å². The van der Waals surface area contributed by atoms with Crippen molar-refractivity contribution in [2.24, 2.45) is 0 Å². The maximum Gasteiger partial charge on any atom is 0.257 e. The summed E-state index contributed by atoms with van der Waals surface area (Å²) in [6.45, 7) is -0.581. The molecule has 0 saturated heterocycles. The molecule has 0 fully saturated rings. The molecule has 3 aromatic rings. The molecule has 6 nitrogen and oxygen atoms in total. The van der Waals surface area contributed by atoms with Crippen molar-refractivity contribution in [3.63, 3.8) is 0 Å². The van der Waals surface area contributed by atoms with Crippen LogP contribution in [-0.2, 0) is 9.84 Å². The average molecular weight is 376 g/mol. The Kier molecular flexibility index (Phi) is 4.33. The number of aliphatic hydroxyl groups excluding tert-OH is 1. The molecular formula is C18H17FN2O4S. The second-order valence-electron chi connectivity index (χ2n) is 5.72. The molecule has 2 aromatic carbocycles. The first-order valence-corrected chi connectivity index (χ1v) is 9.17. The number of aromatic amines is 1. The fraction of sp³-hybridized carbons (Fsp3) is 0.167. The largest absolute Gasteiger partial charge is 0.395 e. The van der Waals surface area contributed by atoms with E-state index in [-0.39, 0.29) is 28.7 Å². The van der Waals surface area contributed by atoms with Crippen molar-refractivity contribution in [2.75, 3.05) is 17.7 Å². The highest BCUT2D eigenvalue weighted by molar-refractivity contribution is 7.91. The topological polar surface area (TPSA) is 99.3 Å². The van der Waals surface area contributed by atoms with Crippen LogP contribution in [0.5, 0.6) is 0 Å². The number of amides is 1. The van der Waals surface area contributed by atoms with Crippen LogP contribution in [0.2, 0.25) is 0 Å². The first kappa shape index (κ1) is 18.1. The van der Waals surface area contributed by atoms with Gasteiger partial charge in [-0.1, -0.05) is 7.43 Å². The zero-order valence-corrected chi connectivity index (χ0v) is 13.7. The van der Waals surface area contributed by atoms with Gasteiger partial charge in [0.2, 0.25) is 0 Å². The average Bonchev–Trinajstić information content (AvgIpc) is 3.20. The second-order valence-corrected chi connectivity index (χ2v) is 7.80. The zero-order chi connectivity index (χ0) is 17.8. The van der Waals surface area contributed by atoms with Crippen LogP contribution < -0.4 is 5.32 Å². The first-order chi connectivity index (χ1) is 11.9. The van der Waals surface area contributed by atoms with Gasteiger partial charge in [0.05, 0.1) is 22.8 Å². The molecule has 4 rings (SSSR count). The van der Waals surface area contributed by atoms with Crippen molar-refractivity contribution in [3.05, 3.63) is 47.9 Å². The number of carbonyl (C=O) groups excluding carboxylic acids is 1. The van der Waals surface area contributed by atoms with Crippen molar-refractivity contribution in [3.8, 4) is 11.3 Å². The number of nitrogens with one attached hydrogen (secondary N) is 2. The van der Waals surface area contributed by atoms with E-state index in [0.717, 1.165) is 6.07 Å². The molecule has 1 aliphatic heterocycles. The number of aliphatic hydroxyl groups is 1. The molecule has 3 N–H and O–H groups in total. The Hall–Kier alpha value is -2.71. The number of aromatic nitrogens is 1. The monoisotopic (exact) mass is 376 g/mol. The lowest BCUT2D eigenvalue weighted by atomic mass is 9.97. The Balaban J connectivity index is 0.00000196. The third-order valence-corrected chi connectivity index (χ3v) is 5.97. The SMILES string of the molecule is C.O=C1Nc2ccc(F)c3c(S(=O)(=O)CCO)cc(-c4ccc[nH]4)c1c23. The molecule has 2 heterocycles. The molecule has 136 valence electrons. The number of rotatable bonds is 4. The Bertz CT molecular complexity index is 1120. The minimum atomic E-state index is -3.94. The van der Waals surface area contributed by atoms with Gasteiger partial charge >= 0.3 is 0 Å². The lowest BCUT2D eigenvalue weighted by molar-refractivity contribution is 0.103. The van der Waals surface area contributed by atoms with Crippen LogP contribution in [0.1, 0.15) is 17.8 Å². The van der Waals surface area contributed by atoms with Crippen LogP contribution >= 0.6 is 0 Å². The van der Waals surface area contributed by atoms with Crippen LogP contribution in [0, 0.1) is 5.82 Å². The number of carbonyl (C=O) groups is 1. The van der Waals surface area contributed by atoms with Gasteiger partial charge in [-0.3, -0.25) is 4.79 Å². The number of hydrogen-bond donors (Lipinski definition) is 3. The third-order valence-electron chi connectivity index (χ3n) is 4.25. The lowest BCUT2D eigenvalue weighted by Crippen LogP contribution is -2.12. The predicted molar refractivity (Wildman–Crippen MR) is 97.5 cm³/mol. The summed E-state index contributed by atoms with van der Waals surface area (Å²) in [6, 6.07) is 7.25. The number of anilines is 1. The van der Waals surface area contributed by atoms with Crippen LogP contribution in [0.25, 0.3) is 22.0 Å². The summed E-state index contributed by atoms with van der Waals surface area (Å²) >= 11 is 0. The van der Waals surface area contributed by atoms with Gasteiger partial charge in [0.25, 0.3) is 5.91 Å². The van der Waals surface area contributed by atoms with Crippen molar-refractivity contribution < 1.29 is 22.7 Å². The summed E-state index contributed by atoms with van der Waals surface area (Å²) in [4.78, 5) is 15.1. The zero-order valence-electron chi connectivity index (χ0n) is 12.8. The van der Waals surface area contributed by atoms with E-state index in [1.807, 2.05) is 0 Å². The molecule has 0 aliphatic carbocycles. The second kappa shape index (κ2) is 6.22. The fourth-order valence-corrected chi connectivity index (χ4v) is 4.47. The van der Waals surface area contributed by atoms with Gasteiger partial charge in [0.15, 0.2) is 9.84 Å². The number of halogens is 1. The summed E-state index contributed by atoms with van der Waals surface area (Å²) < 4.78 is 39.7. The Morgan fingerprint density at radius 2 is 1.92 bits per heavy atom. The maximum absolute atomic E-state index is 14.5. The van der Waals surface area contributed by atoms with Crippen LogP contribution in [-0.4, -0.2) is 36.8 Å². The molecule has 0 atom stereocenters. The number of sulfone groups is 1. The highest BCUT2D eigenvalue weighted by atomic mass is 32.2. The van der Waals surface area contributed by atoms with E-state index in [2.05, 4.69) is 10.3 Å². The van der Waals surface area contributed by atoms with Crippen LogP contribution in [0.15, 0.2) is 41.4 Å². The molecule has 0 spiro atoms. The van der Waals surface area contributed by atoms with E-state index in [9.17, 15) is 17.6 Å². The number of hydrogen-bond acceptors (Lipinski definition) is 4. The van der Waals surface area contributed by atoms with E-state index >= 15 is 0 Å². The Morgan fingerprint density at radius 3 is 2.58 bits per heavy atom. The summed E-state index contributed by atoms with van der Waals surface area (Å²) in [5.41, 5.74) is 1.51. The molecule has 0 bridgehead atoms. The van der Waals surface area contributed by atoms with E-state index in [0.29, 0.717) is 16.9 Å². The summed E-state index contributed by atoms with van der Waals surface area (Å²) in [7, 11) is -3.94. The lowest BCUT2D eigenvalue weighted by Gasteiger charge is -2.13. The van der Waals surface area contributed by atoms with Crippen LogP contribution in [0.3, 0.4) is 0 Å². The van der Waals surface area contributed by atoms with Gasteiger partial charge in [-0.25, -0.2) is 12.8 Å². The van der Waals surface area contributed by atoms with E-state index in [4.69, 9.17) is 5.11 Å². The molecule has 1 aromatic heterocycles. The van der Waals surface area contributed by atoms with Gasteiger partial charge in [0.1, 0.15) is 5.82 Å². The van der Waals surface area contributed by atoms with Crippen LogP contribution in [0.4, 0.5) is 10.1 Å². The predicted octanol–water partition coefficient (Wildman–Crippen LogP) is 2.94. The summed E-state index contributed by atoms with van der Waals surface area (Å²) in [6.07, 6.45) is 1.65. The van der Waals surface area contributed by atoms with Gasteiger partial charge in [0, 0.05) is 33.9 Å². The van der Waals surface area contributed by atoms with E-state index in [1.165, 1.54) is 12.1 Å². The minimum Gasteiger partial charge on any atom is -0.395 e. The Labute approximate surface area is 149 Å². The molecule has 0 unspecified atom stereocenters. The molecule has 8 heteroatoms. The van der Waals surface area contributed by atoms with Crippen molar-refractivity contribution in [2.45, 2.75) is 12.3 Å². The van der Waals surface area contributed by atoms with Crippen molar-refractivity contribution >= 4 is 32.2 Å². The van der Waals surface area contributed by atoms with Gasteiger partial charge in [-0.15, -0.1) is 0 Å². The molecular weight excluding hydrogens is 359 g/mol. The smallest absolute Gasteiger partial charge is 0.257 e. The number of benzene rings is 2. The maximum atomic E-state index is 14.5. The standard InChI is InChI=1S/C17H13FN2O4S.CH4/c18-10-3-4-12-16-14(17(22)20-12)9(11-2-1-5-19-11)8-13(15(10)16)25(23,24)7-6-21;/h1-5,8,19,21H,6-7H2,(H,20,22);1H4. The van der Waals surface area contributed by atoms with Crippen molar-refractivity contribution in [1.82, 2.24) is 4.98 Å². The summed E-state index contributed by atoms with van der Waals surface area (Å²) in [5, 5.41) is 11.8. The van der Waals surface area contributed by atoms with Gasteiger partial charge < -0.3 is 15.4 Å². The molecule has 26 heavy (non-hydrogen) atoms. The highest BCUT2D eigenvalue weighted by Gasteiger charge is 2.32. The molecule has 0 radical (unpaired) electrons. The normalized spacial score (nSPS) is 12.9. The quantitative estimate of drug-likeness (QED) is 0.652. The number of H-pyrrole nitrogens is 1. The molecule has 0 saturated carbocycles. The first-order valence-electron chi connectivity index (χ1n) is 7.52. The third kappa shape index (κ3) is 2.49. The fourth-order valence-electron chi connectivity index (χ4n) is 3.20. The highest BCUT2D eigenvalue weighted by Crippen LogP contribution is 2.43. The Morgan fingerprint density at radius 1 is 1.15 bits per heavy atom. The van der Waals surface area contributed by atoms with Crippen molar-refractivity contribution in [1.29, 1.82) is 0 Å². The van der Waals surface area contributed by atoms with Gasteiger partial charge in [-0.05, 0) is 30.3 Å². The van der Waals surface area contributed by atoms with E-state index in [1.54, 1.807) is 18.3 Å². The van der Waals surface area contributed by atoms with Gasteiger partial charge in [-0.2, -0.15) is 0 Å².